The molecule has 0 saturated carbocycles. The molecule has 1 atom stereocenters. The molecule has 2 aromatic rings. The number of amides is 2. The number of likely N-dealkylation sites (N-methyl/N-ethyl adjacent to an activating group) is 1. The summed E-state index contributed by atoms with van der Waals surface area (Å²) in [4.78, 5) is 27.8. The zero-order valence-electron chi connectivity index (χ0n) is 13.1. The fourth-order valence-electron chi connectivity index (χ4n) is 2.66. The van der Waals surface area contributed by atoms with Gasteiger partial charge in [-0.1, -0.05) is 30.3 Å². The highest BCUT2D eigenvalue weighted by Gasteiger charge is 2.34. The Morgan fingerprint density at radius 3 is 2.43 bits per heavy atom. The number of rotatable bonds is 2. The summed E-state index contributed by atoms with van der Waals surface area (Å²) in [5.74, 6) is 0.256. The summed E-state index contributed by atoms with van der Waals surface area (Å²) < 4.78 is 5.83. The average Bonchev–Trinajstić information content (AvgIpc) is 2.60. The van der Waals surface area contributed by atoms with Gasteiger partial charge in [-0.15, -0.1) is 0 Å². The van der Waals surface area contributed by atoms with Crippen LogP contribution in [0.5, 0.6) is 5.75 Å². The number of carbonyl (C=O) groups excluding carboxylic acids is 2. The van der Waals surface area contributed by atoms with Crippen molar-refractivity contribution in [1.29, 1.82) is 0 Å². The normalized spacial score (nSPS) is 16.3. The van der Waals surface area contributed by atoms with Crippen LogP contribution < -0.4 is 14.5 Å². The lowest BCUT2D eigenvalue weighted by molar-refractivity contribution is -0.125. The molecule has 0 saturated heterocycles. The molecule has 5 nitrogen and oxygen atoms in total. The zero-order valence-corrected chi connectivity index (χ0v) is 13.1. The molecule has 2 aromatic carbocycles. The van der Waals surface area contributed by atoms with Crippen LogP contribution in [0.3, 0.4) is 0 Å². The quantitative estimate of drug-likeness (QED) is 0.856. The van der Waals surface area contributed by atoms with Crippen molar-refractivity contribution >= 4 is 23.2 Å². The molecule has 2 amide bonds. The second kappa shape index (κ2) is 6.12. The van der Waals surface area contributed by atoms with Crippen LogP contribution in [0.4, 0.5) is 11.4 Å². The van der Waals surface area contributed by atoms with Gasteiger partial charge in [0.1, 0.15) is 5.75 Å². The summed E-state index contributed by atoms with van der Waals surface area (Å²) in [6.45, 7) is 1.70. The average molecular weight is 310 g/mol. The highest BCUT2D eigenvalue weighted by molar-refractivity contribution is 6.00. The van der Waals surface area contributed by atoms with E-state index in [0.717, 1.165) is 5.69 Å². The minimum atomic E-state index is -0.723. The van der Waals surface area contributed by atoms with Gasteiger partial charge >= 0.3 is 0 Å². The Balaban J connectivity index is 1.87. The standard InChI is InChI=1S/C18H18N2O3/c1-13(21)20-12-17(23-16-11-7-6-10-15(16)20)18(22)19(2)14-8-4-3-5-9-14/h3-11,17H,12H2,1-2H3. The second-order valence-electron chi connectivity index (χ2n) is 5.44. The molecular formula is C18H18N2O3. The van der Waals surface area contributed by atoms with Crippen molar-refractivity contribution in [3.63, 3.8) is 0 Å². The van der Waals surface area contributed by atoms with Crippen molar-refractivity contribution in [2.45, 2.75) is 13.0 Å². The predicted octanol–water partition coefficient (Wildman–Crippen LogP) is 2.46. The third kappa shape index (κ3) is 2.90. The number of fused-ring (bicyclic) bond motifs is 1. The molecule has 23 heavy (non-hydrogen) atoms. The van der Waals surface area contributed by atoms with Crippen LogP contribution in [-0.4, -0.2) is 31.5 Å². The monoisotopic (exact) mass is 310 g/mol. The van der Waals surface area contributed by atoms with Crippen molar-refractivity contribution in [3.05, 3.63) is 54.6 Å². The van der Waals surface area contributed by atoms with E-state index in [-0.39, 0.29) is 18.4 Å². The Morgan fingerprint density at radius 2 is 1.74 bits per heavy atom. The summed E-state index contributed by atoms with van der Waals surface area (Å²) in [6, 6.07) is 16.6. The Hall–Kier alpha value is -2.82. The van der Waals surface area contributed by atoms with Gasteiger partial charge in [-0.25, -0.2) is 0 Å². The molecule has 0 spiro atoms. The summed E-state index contributed by atoms with van der Waals surface area (Å²) in [5, 5.41) is 0. The van der Waals surface area contributed by atoms with Gasteiger partial charge in [0.05, 0.1) is 12.2 Å². The van der Waals surface area contributed by atoms with E-state index >= 15 is 0 Å². The topological polar surface area (TPSA) is 49.9 Å². The second-order valence-corrected chi connectivity index (χ2v) is 5.44. The number of carbonyl (C=O) groups is 2. The molecule has 0 aromatic heterocycles. The fraction of sp³-hybridized carbons (Fsp3) is 0.222. The number of hydrogen-bond acceptors (Lipinski definition) is 3. The van der Waals surface area contributed by atoms with E-state index in [1.54, 1.807) is 22.9 Å². The van der Waals surface area contributed by atoms with Crippen molar-refractivity contribution in [2.75, 3.05) is 23.4 Å². The summed E-state index contributed by atoms with van der Waals surface area (Å²) in [5.41, 5.74) is 1.49. The predicted molar refractivity (Wildman–Crippen MR) is 88.7 cm³/mol. The van der Waals surface area contributed by atoms with Gasteiger partial charge < -0.3 is 14.5 Å². The van der Waals surface area contributed by atoms with Crippen LogP contribution in [0.1, 0.15) is 6.92 Å². The number of anilines is 2. The molecule has 0 bridgehead atoms. The third-order valence-electron chi connectivity index (χ3n) is 3.90. The van der Waals surface area contributed by atoms with E-state index in [4.69, 9.17) is 4.74 Å². The van der Waals surface area contributed by atoms with E-state index < -0.39 is 6.10 Å². The maximum Gasteiger partial charge on any atom is 0.269 e. The minimum absolute atomic E-state index is 0.110. The van der Waals surface area contributed by atoms with Gasteiger partial charge in [0.25, 0.3) is 5.91 Å². The van der Waals surface area contributed by atoms with Crippen molar-refractivity contribution < 1.29 is 14.3 Å². The first kappa shape index (κ1) is 15.1. The van der Waals surface area contributed by atoms with Crippen molar-refractivity contribution in [3.8, 4) is 5.75 Å². The van der Waals surface area contributed by atoms with Gasteiger partial charge in [-0.3, -0.25) is 9.59 Å². The lowest BCUT2D eigenvalue weighted by Gasteiger charge is -2.35. The number of benzene rings is 2. The maximum absolute atomic E-state index is 12.7. The lowest BCUT2D eigenvalue weighted by atomic mass is 10.1. The molecule has 5 heteroatoms. The Labute approximate surface area is 135 Å². The third-order valence-corrected chi connectivity index (χ3v) is 3.90. The van der Waals surface area contributed by atoms with Gasteiger partial charge in [-0.05, 0) is 24.3 Å². The molecule has 1 unspecified atom stereocenters. The molecule has 1 heterocycles. The van der Waals surface area contributed by atoms with Crippen molar-refractivity contribution in [1.82, 2.24) is 0 Å². The SMILES string of the molecule is CC(=O)N1CC(C(=O)N(C)c2ccccc2)Oc2ccccc21. The van der Waals surface area contributed by atoms with Crippen molar-refractivity contribution in [2.24, 2.45) is 0 Å². The smallest absolute Gasteiger partial charge is 0.269 e. The summed E-state index contributed by atoms with van der Waals surface area (Å²) >= 11 is 0. The molecule has 118 valence electrons. The molecule has 0 fully saturated rings. The Bertz CT molecular complexity index is 730. The molecule has 0 aliphatic carbocycles. The molecule has 0 radical (unpaired) electrons. The molecule has 1 aliphatic rings. The zero-order chi connectivity index (χ0) is 16.4. The fourth-order valence-corrected chi connectivity index (χ4v) is 2.66. The van der Waals surface area contributed by atoms with E-state index in [2.05, 4.69) is 0 Å². The van der Waals surface area contributed by atoms with Crippen LogP contribution in [0.2, 0.25) is 0 Å². The minimum Gasteiger partial charge on any atom is -0.476 e. The Morgan fingerprint density at radius 1 is 1.09 bits per heavy atom. The first-order chi connectivity index (χ1) is 11.1. The van der Waals surface area contributed by atoms with Crippen LogP contribution in [0, 0.1) is 0 Å². The van der Waals surface area contributed by atoms with Gasteiger partial charge in [-0.2, -0.15) is 0 Å². The van der Waals surface area contributed by atoms with Gasteiger partial charge in [0.15, 0.2) is 6.10 Å². The van der Waals surface area contributed by atoms with E-state index in [0.29, 0.717) is 11.4 Å². The first-order valence-corrected chi connectivity index (χ1v) is 7.44. The van der Waals surface area contributed by atoms with Crippen LogP contribution in [-0.2, 0) is 9.59 Å². The van der Waals surface area contributed by atoms with E-state index in [1.165, 1.54) is 6.92 Å². The first-order valence-electron chi connectivity index (χ1n) is 7.44. The highest BCUT2D eigenvalue weighted by atomic mass is 16.5. The lowest BCUT2D eigenvalue weighted by Crippen LogP contribution is -2.50. The van der Waals surface area contributed by atoms with Gasteiger partial charge in [0, 0.05) is 19.7 Å². The summed E-state index contributed by atoms with van der Waals surface area (Å²) in [7, 11) is 1.71. The Kier molecular flexibility index (Phi) is 4.02. The number of nitrogens with zero attached hydrogens (tertiary/aromatic N) is 2. The number of hydrogen-bond donors (Lipinski definition) is 0. The van der Waals surface area contributed by atoms with Crippen LogP contribution in [0.25, 0.3) is 0 Å². The van der Waals surface area contributed by atoms with E-state index in [1.807, 2.05) is 48.5 Å². The largest absolute Gasteiger partial charge is 0.476 e. The number of para-hydroxylation sites is 3. The summed E-state index contributed by atoms with van der Waals surface area (Å²) in [6.07, 6.45) is -0.723. The molecule has 1 aliphatic heterocycles. The maximum atomic E-state index is 12.7. The number of ether oxygens (including phenoxy) is 1. The van der Waals surface area contributed by atoms with Crippen LogP contribution in [0.15, 0.2) is 54.6 Å². The highest BCUT2D eigenvalue weighted by Crippen LogP contribution is 2.33. The van der Waals surface area contributed by atoms with Gasteiger partial charge in [0.2, 0.25) is 5.91 Å². The molecule has 0 N–H and O–H groups in total. The molecule has 3 rings (SSSR count). The van der Waals surface area contributed by atoms with Crippen LogP contribution >= 0.6 is 0 Å². The molecular weight excluding hydrogens is 292 g/mol. The van der Waals surface area contributed by atoms with E-state index in [9.17, 15) is 9.59 Å².